The molecule has 2 aromatic rings. The second-order valence-electron chi connectivity index (χ2n) is 6.05. The summed E-state index contributed by atoms with van der Waals surface area (Å²) in [4.78, 5) is 12.6. The largest absolute Gasteiger partial charge is 0.349 e. The molecule has 2 aliphatic rings. The van der Waals surface area contributed by atoms with Crippen LogP contribution >= 0.6 is 0 Å². The highest BCUT2D eigenvalue weighted by atomic mass is 16.1. The van der Waals surface area contributed by atoms with E-state index in [4.69, 9.17) is 0 Å². The molecule has 0 spiro atoms. The van der Waals surface area contributed by atoms with E-state index in [-0.39, 0.29) is 11.9 Å². The fourth-order valence-corrected chi connectivity index (χ4v) is 3.58. The molecule has 1 amide bonds. The molecule has 2 aliphatic heterocycles. The van der Waals surface area contributed by atoms with Crippen LogP contribution in [0, 0.1) is 0 Å². The van der Waals surface area contributed by atoms with Crippen LogP contribution in [0.15, 0.2) is 30.6 Å². The van der Waals surface area contributed by atoms with Gasteiger partial charge in [-0.1, -0.05) is 12.1 Å². The van der Waals surface area contributed by atoms with Crippen LogP contribution in [0.3, 0.4) is 0 Å². The SMILES string of the molecule is O=C(NC1CC2CCC(C1)N2)c1ccccc1-n1cnnn1. The topological polar surface area (TPSA) is 84.7 Å². The molecule has 22 heavy (non-hydrogen) atoms. The molecule has 2 bridgehead atoms. The zero-order chi connectivity index (χ0) is 14.9. The minimum absolute atomic E-state index is 0.0580. The average molecular weight is 298 g/mol. The van der Waals surface area contributed by atoms with Gasteiger partial charge in [0.2, 0.25) is 0 Å². The molecule has 2 unspecified atom stereocenters. The summed E-state index contributed by atoms with van der Waals surface area (Å²) < 4.78 is 1.51. The van der Waals surface area contributed by atoms with Gasteiger partial charge in [-0.25, -0.2) is 0 Å². The number of para-hydroxylation sites is 1. The van der Waals surface area contributed by atoms with E-state index in [1.807, 2.05) is 24.3 Å². The molecular formula is C15H18N6O. The second kappa shape index (κ2) is 5.49. The molecule has 3 heterocycles. The van der Waals surface area contributed by atoms with Crippen LogP contribution in [0.25, 0.3) is 5.69 Å². The van der Waals surface area contributed by atoms with Crippen molar-refractivity contribution in [1.29, 1.82) is 0 Å². The lowest BCUT2D eigenvalue weighted by Gasteiger charge is -2.29. The van der Waals surface area contributed by atoms with E-state index in [9.17, 15) is 4.79 Å². The lowest BCUT2D eigenvalue weighted by atomic mass is 9.99. The van der Waals surface area contributed by atoms with Crippen molar-refractivity contribution in [2.75, 3.05) is 0 Å². The first-order chi connectivity index (χ1) is 10.8. The van der Waals surface area contributed by atoms with E-state index in [1.54, 1.807) is 0 Å². The Kier molecular flexibility index (Phi) is 3.34. The number of nitrogens with zero attached hydrogens (tertiary/aromatic N) is 4. The fraction of sp³-hybridized carbons (Fsp3) is 0.467. The molecule has 114 valence electrons. The Labute approximate surface area is 128 Å². The molecule has 7 heteroatoms. The quantitative estimate of drug-likeness (QED) is 0.870. The van der Waals surface area contributed by atoms with Gasteiger partial charge in [0.05, 0.1) is 11.3 Å². The van der Waals surface area contributed by atoms with Crippen LogP contribution in [0.1, 0.15) is 36.0 Å². The highest BCUT2D eigenvalue weighted by Gasteiger charge is 2.34. The molecule has 0 radical (unpaired) electrons. The third kappa shape index (κ3) is 2.48. The van der Waals surface area contributed by atoms with Crippen molar-refractivity contribution in [3.05, 3.63) is 36.2 Å². The number of benzene rings is 1. The maximum absolute atomic E-state index is 12.6. The maximum Gasteiger partial charge on any atom is 0.253 e. The predicted molar refractivity (Wildman–Crippen MR) is 79.6 cm³/mol. The van der Waals surface area contributed by atoms with Gasteiger partial charge in [-0.2, -0.15) is 4.68 Å². The van der Waals surface area contributed by atoms with E-state index >= 15 is 0 Å². The number of nitrogens with one attached hydrogen (secondary N) is 2. The average Bonchev–Trinajstić information content (AvgIpc) is 3.17. The Bertz CT molecular complexity index is 658. The Morgan fingerprint density at radius 1 is 1.23 bits per heavy atom. The normalized spacial score (nSPS) is 26.8. The van der Waals surface area contributed by atoms with Gasteiger partial charge in [0.25, 0.3) is 5.91 Å². The first-order valence-corrected chi connectivity index (χ1v) is 7.69. The lowest BCUT2D eigenvalue weighted by molar-refractivity contribution is 0.0924. The Morgan fingerprint density at radius 3 is 2.73 bits per heavy atom. The van der Waals surface area contributed by atoms with E-state index < -0.39 is 0 Å². The first kappa shape index (κ1) is 13.4. The molecule has 2 atom stereocenters. The van der Waals surface area contributed by atoms with Gasteiger partial charge in [-0.15, -0.1) is 5.10 Å². The maximum atomic E-state index is 12.6. The number of aromatic nitrogens is 4. The summed E-state index contributed by atoms with van der Waals surface area (Å²) in [6, 6.07) is 8.73. The van der Waals surface area contributed by atoms with Gasteiger partial charge in [-0.05, 0) is 48.2 Å². The Hall–Kier alpha value is -2.28. The van der Waals surface area contributed by atoms with Crippen LogP contribution in [-0.4, -0.2) is 44.2 Å². The number of carbonyl (C=O) groups excluding carboxylic acids is 1. The number of hydrogen-bond acceptors (Lipinski definition) is 5. The van der Waals surface area contributed by atoms with Crippen molar-refractivity contribution in [3.63, 3.8) is 0 Å². The van der Waals surface area contributed by atoms with Crippen LogP contribution in [0.2, 0.25) is 0 Å². The van der Waals surface area contributed by atoms with Crippen molar-refractivity contribution in [2.24, 2.45) is 0 Å². The highest BCUT2D eigenvalue weighted by Crippen LogP contribution is 2.27. The highest BCUT2D eigenvalue weighted by molar-refractivity contribution is 5.97. The van der Waals surface area contributed by atoms with Gasteiger partial charge in [0.15, 0.2) is 0 Å². The number of piperidine rings is 1. The number of hydrogen-bond donors (Lipinski definition) is 2. The first-order valence-electron chi connectivity index (χ1n) is 7.69. The van der Waals surface area contributed by atoms with E-state index in [0.29, 0.717) is 23.3 Å². The van der Waals surface area contributed by atoms with Crippen molar-refractivity contribution >= 4 is 5.91 Å². The summed E-state index contributed by atoms with van der Waals surface area (Å²) in [5.74, 6) is -0.0580. The standard InChI is InChI=1S/C15H18N6O/c22-15(18-12-7-10-5-6-11(8-12)17-10)13-3-1-2-4-14(13)21-9-16-19-20-21/h1-4,9-12,17H,5-8H2,(H,18,22). The Balaban J connectivity index is 1.53. The molecule has 0 saturated carbocycles. The predicted octanol–water partition coefficient (Wildman–Crippen LogP) is 0.675. The Morgan fingerprint density at radius 2 is 2.00 bits per heavy atom. The third-order valence-corrected chi connectivity index (χ3v) is 4.55. The van der Waals surface area contributed by atoms with Crippen LogP contribution in [0.4, 0.5) is 0 Å². The van der Waals surface area contributed by atoms with Gasteiger partial charge < -0.3 is 10.6 Å². The van der Waals surface area contributed by atoms with Gasteiger partial charge >= 0.3 is 0 Å². The van der Waals surface area contributed by atoms with Crippen LogP contribution in [-0.2, 0) is 0 Å². The van der Waals surface area contributed by atoms with Crippen LogP contribution in [0.5, 0.6) is 0 Å². The van der Waals surface area contributed by atoms with Crippen molar-refractivity contribution in [2.45, 2.75) is 43.8 Å². The summed E-state index contributed by atoms with van der Waals surface area (Å²) in [5.41, 5.74) is 1.29. The zero-order valence-electron chi connectivity index (χ0n) is 12.1. The summed E-state index contributed by atoms with van der Waals surface area (Å²) in [6.45, 7) is 0. The summed E-state index contributed by atoms with van der Waals surface area (Å²) in [6.07, 6.45) is 5.96. The minimum Gasteiger partial charge on any atom is -0.349 e. The summed E-state index contributed by atoms with van der Waals surface area (Å²) in [7, 11) is 0. The van der Waals surface area contributed by atoms with Crippen molar-refractivity contribution in [3.8, 4) is 5.69 Å². The molecule has 2 N–H and O–H groups in total. The van der Waals surface area contributed by atoms with Gasteiger partial charge in [0.1, 0.15) is 6.33 Å². The monoisotopic (exact) mass is 298 g/mol. The molecule has 1 aromatic carbocycles. The van der Waals surface area contributed by atoms with Crippen molar-refractivity contribution < 1.29 is 4.79 Å². The summed E-state index contributed by atoms with van der Waals surface area (Å²) in [5, 5.41) is 17.9. The van der Waals surface area contributed by atoms with Crippen LogP contribution < -0.4 is 10.6 Å². The molecule has 4 rings (SSSR count). The number of carbonyl (C=O) groups is 1. The zero-order valence-corrected chi connectivity index (χ0v) is 12.1. The molecule has 0 aliphatic carbocycles. The molecule has 2 fully saturated rings. The molecule has 1 aromatic heterocycles. The second-order valence-corrected chi connectivity index (χ2v) is 6.05. The van der Waals surface area contributed by atoms with Gasteiger partial charge in [-0.3, -0.25) is 4.79 Å². The van der Waals surface area contributed by atoms with Crippen molar-refractivity contribution in [1.82, 2.24) is 30.8 Å². The van der Waals surface area contributed by atoms with E-state index in [0.717, 1.165) is 12.8 Å². The molecular weight excluding hydrogens is 280 g/mol. The number of tetrazole rings is 1. The molecule has 2 saturated heterocycles. The molecule has 7 nitrogen and oxygen atoms in total. The summed E-state index contributed by atoms with van der Waals surface area (Å²) >= 11 is 0. The number of amides is 1. The number of rotatable bonds is 3. The lowest BCUT2D eigenvalue weighted by Crippen LogP contribution is -2.48. The fourth-order valence-electron chi connectivity index (χ4n) is 3.58. The van der Waals surface area contributed by atoms with E-state index in [1.165, 1.54) is 23.9 Å². The van der Waals surface area contributed by atoms with Gasteiger partial charge in [0, 0.05) is 18.1 Å². The van der Waals surface area contributed by atoms with E-state index in [2.05, 4.69) is 26.2 Å². The smallest absolute Gasteiger partial charge is 0.253 e. The number of fused-ring (bicyclic) bond motifs is 2. The minimum atomic E-state index is -0.0580. The third-order valence-electron chi connectivity index (χ3n) is 4.55.